The van der Waals surface area contributed by atoms with E-state index in [4.69, 9.17) is 0 Å². The van der Waals surface area contributed by atoms with Crippen molar-refractivity contribution in [2.75, 3.05) is 0 Å². The number of hydrogen-bond donors (Lipinski definition) is 0. The average molecular weight is 270 g/mol. The third-order valence-electron chi connectivity index (χ3n) is 4.94. The van der Waals surface area contributed by atoms with Gasteiger partial charge in [-0.15, -0.1) is 0 Å². The van der Waals surface area contributed by atoms with Crippen LogP contribution in [0.1, 0.15) is 19.4 Å². The van der Waals surface area contributed by atoms with E-state index < -0.39 is 0 Å². The van der Waals surface area contributed by atoms with Crippen molar-refractivity contribution in [1.82, 2.24) is 0 Å². The van der Waals surface area contributed by atoms with Gasteiger partial charge in [-0.05, 0) is 40.6 Å². The molecule has 0 heteroatoms. The first-order valence-corrected chi connectivity index (χ1v) is 7.48. The van der Waals surface area contributed by atoms with Crippen LogP contribution in [0, 0.1) is 0 Å². The zero-order chi connectivity index (χ0) is 14.4. The first-order chi connectivity index (χ1) is 10.2. The molecule has 0 bridgehead atoms. The molecule has 4 rings (SSSR count). The van der Waals surface area contributed by atoms with Crippen molar-refractivity contribution in [1.29, 1.82) is 0 Å². The van der Waals surface area contributed by atoms with Gasteiger partial charge in [0.25, 0.3) is 0 Å². The Bertz CT molecular complexity index is 957. The summed E-state index contributed by atoms with van der Waals surface area (Å²) >= 11 is 0. The molecule has 0 heterocycles. The Balaban J connectivity index is 2.09. The van der Waals surface area contributed by atoms with Crippen LogP contribution >= 0.6 is 0 Å². The van der Waals surface area contributed by atoms with Gasteiger partial charge in [-0.25, -0.2) is 0 Å². The summed E-state index contributed by atoms with van der Waals surface area (Å²) in [6.07, 6.45) is 2.42. The predicted molar refractivity (Wildman–Crippen MR) is 90.5 cm³/mol. The van der Waals surface area contributed by atoms with Gasteiger partial charge in [0.2, 0.25) is 0 Å². The lowest BCUT2D eigenvalue weighted by molar-refractivity contribution is 0.836. The fourth-order valence-electron chi connectivity index (χ4n) is 3.62. The third kappa shape index (κ3) is 1.69. The van der Waals surface area contributed by atoms with Gasteiger partial charge in [0, 0.05) is 5.41 Å². The van der Waals surface area contributed by atoms with Crippen molar-refractivity contribution < 1.29 is 0 Å². The van der Waals surface area contributed by atoms with Crippen LogP contribution in [0.4, 0.5) is 0 Å². The first-order valence-electron chi connectivity index (χ1n) is 7.48. The Labute approximate surface area is 125 Å². The van der Waals surface area contributed by atoms with Gasteiger partial charge in [-0.3, -0.25) is 0 Å². The SMILES string of the molecule is CC1=c2ccccc2=CC1(C)c1cccc2ccccc12. The minimum Gasteiger partial charge on any atom is -0.0623 e. The van der Waals surface area contributed by atoms with E-state index in [2.05, 4.69) is 86.7 Å². The summed E-state index contributed by atoms with van der Waals surface area (Å²) in [6, 6.07) is 24.0. The second-order valence-corrected chi connectivity index (χ2v) is 6.09. The lowest BCUT2D eigenvalue weighted by Crippen LogP contribution is -2.22. The summed E-state index contributed by atoms with van der Waals surface area (Å²) < 4.78 is 0. The van der Waals surface area contributed by atoms with Crippen LogP contribution in [0.3, 0.4) is 0 Å². The average Bonchev–Trinajstić information content (AvgIpc) is 2.79. The molecule has 0 radical (unpaired) electrons. The normalized spacial score (nSPS) is 20.4. The minimum absolute atomic E-state index is 0.0233. The number of fused-ring (bicyclic) bond motifs is 2. The van der Waals surface area contributed by atoms with Crippen molar-refractivity contribution in [3.05, 3.63) is 82.7 Å². The highest BCUT2D eigenvalue weighted by atomic mass is 14.3. The molecule has 0 nitrogen and oxygen atoms in total. The highest BCUT2D eigenvalue weighted by Crippen LogP contribution is 2.39. The molecule has 0 amide bonds. The lowest BCUT2D eigenvalue weighted by atomic mass is 9.76. The Morgan fingerprint density at radius 1 is 0.762 bits per heavy atom. The maximum absolute atomic E-state index is 2.42. The minimum atomic E-state index is -0.0233. The molecule has 3 aromatic rings. The Morgan fingerprint density at radius 3 is 2.33 bits per heavy atom. The summed E-state index contributed by atoms with van der Waals surface area (Å²) in [6.45, 7) is 4.61. The molecule has 1 atom stereocenters. The topological polar surface area (TPSA) is 0 Å². The Hall–Kier alpha value is -2.34. The van der Waals surface area contributed by atoms with Crippen molar-refractivity contribution in [2.45, 2.75) is 19.3 Å². The molecule has 0 aromatic heterocycles. The smallest absolute Gasteiger partial charge is 0.0334 e. The standard InChI is InChI=1S/C21H18/c1-15-18-11-5-4-9-17(18)14-21(15,2)20-13-7-10-16-8-3-6-12-19(16)20/h3-14H,1-2H3. The predicted octanol–water partition coefficient (Wildman–Crippen LogP) is 3.76. The molecule has 1 unspecified atom stereocenters. The zero-order valence-corrected chi connectivity index (χ0v) is 12.4. The van der Waals surface area contributed by atoms with Crippen LogP contribution in [-0.4, -0.2) is 0 Å². The molecule has 0 saturated carbocycles. The van der Waals surface area contributed by atoms with Crippen LogP contribution in [-0.2, 0) is 5.41 Å². The van der Waals surface area contributed by atoms with Gasteiger partial charge >= 0.3 is 0 Å². The Kier molecular flexibility index (Phi) is 2.56. The molecule has 0 fully saturated rings. The number of benzene rings is 3. The first kappa shape index (κ1) is 12.4. The van der Waals surface area contributed by atoms with Gasteiger partial charge in [-0.2, -0.15) is 0 Å². The lowest BCUT2D eigenvalue weighted by Gasteiger charge is -2.27. The number of rotatable bonds is 1. The molecule has 1 aliphatic carbocycles. The monoisotopic (exact) mass is 270 g/mol. The van der Waals surface area contributed by atoms with Crippen molar-refractivity contribution in [2.24, 2.45) is 0 Å². The number of hydrogen-bond acceptors (Lipinski definition) is 0. The van der Waals surface area contributed by atoms with E-state index in [-0.39, 0.29) is 5.41 Å². The quantitative estimate of drug-likeness (QED) is 0.631. The van der Waals surface area contributed by atoms with Crippen molar-refractivity contribution >= 4 is 22.4 Å². The Morgan fingerprint density at radius 2 is 1.48 bits per heavy atom. The van der Waals surface area contributed by atoms with E-state index in [1.54, 1.807) is 0 Å². The molecule has 0 spiro atoms. The van der Waals surface area contributed by atoms with Gasteiger partial charge in [0.15, 0.2) is 0 Å². The van der Waals surface area contributed by atoms with E-state index in [1.165, 1.54) is 32.3 Å². The van der Waals surface area contributed by atoms with E-state index in [9.17, 15) is 0 Å². The van der Waals surface area contributed by atoms with Crippen LogP contribution in [0.15, 0.2) is 66.7 Å². The van der Waals surface area contributed by atoms with Gasteiger partial charge in [-0.1, -0.05) is 78.4 Å². The molecule has 0 aliphatic heterocycles. The maximum Gasteiger partial charge on any atom is 0.0334 e. The molecule has 3 aromatic carbocycles. The summed E-state index contributed by atoms with van der Waals surface area (Å²) in [5.74, 6) is 0. The second-order valence-electron chi connectivity index (χ2n) is 6.09. The molecule has 21 heavy (non-hydrogen) atoms. The van der Waals surface area contributed by atoms with Crippen LogP contribution < -0.4 is 10.4 Å². The summed E-state index contributed by atoms with van der Waals surface area (Å²) in [7, 11) is 0. The van der Waals surface area contributed by atoms with Crippen LogP contribution in [0.5, 0.6) is 0 Å². The van der Waals surface area contributed by atoms with E-state index in [0.717, 1.165) is 0 Å². The third-order valence-corrected chi connectivity index (χ3v) is 4.94. The van der Waals surface area contributed by atoms with Gasteiger partial charge in [0.1, 0.15) is 0 Å². The van der Waals surface area contributed by atoms with E-state index in [1.807, 2.05) is 0 Å². The fraction of sp³-hybridized carbons (Fsp3) is 0.143. The molecule has 102 valence electrons. The molecule has 1 aliphatic rings. The van der Waals surface area contributed by atoms with Gasteiger partial charge < -0.3 is 0 Å². The summed E-state index contributed by atoms with van der Waals surface area (Å²) in [4.78, 5) is 0. The van der Waals surface area contributed by atoms with E-state index >= 15 is 0 Å². The molecule has 0 saturated heterocycles. The van der Waals surface area contributed by atoms with Crippen LogP contribution in [0.25, 0.3) is 22.4 Å². The van der Waals surface area contributed by atoms with Gasteiger partial charge in [0.05, 0.1) is 0 Å². The van der Waals surface area contributed by atoms with Crippen molar-refractivity contribution in [3.8, 4) is 0 Å². The summed E-state index contributed by atoms with van der Waals surface area (Å²) in [5, 5.41) is 5.40. The molecular weight excluding hydrogens is 252 g/mol. The highest BCUT2D eigenvalue weighted by Gasteiger charge is 2.31. The maximum atomic E-state index is 2.42. The highest BCUT2D eigenvalue weighted by molar-refractivity contribution is 5.91. The largest absolute Gasteiger partial charge is 0.0623 e. The molecule has 0 N–H and O–H groups in total. The second kappa shape index (κ2) is 4.33. The zero-order valence-electron chi connectivity index (χ0n) is 12.4. The fourth-order valence-corrected chi connectivity index (χ4v) is 3.62. The van der Waals surface area contributed by atoms with E-state index in [0.29, 0.717) is 0 Å². The summed E-state index contributed by atoms with van der Waals surface area (Å²) in [5.41, 5.74) is 2.81. The molecular formula is C21H18. The van der Waals surface area contributed by atoms with Crippen LogP contribution in [0.2, 0.25) is 0 Å². The van der Waals surface area contributed by atoms with Crippen molar-refractivity contribution in [3.63, 3.8) is 0 Å².